The van der Waals surface area contributed by atoms with Gasteiger partial charge in [-0.15, -0.1) is 0 Å². The van der Waals surface area contributed by atoms with Crippen LogP contribution in [0.25, 0.3) is 0 Å². The quantitative estimate of drug-likeness (QED) is 0.940. The molecule has 0 saturated carbocycles. The zero-order valence-corrected chi connectivity index (χ0v) is 12.5. The molecule has 0 saturated heterocycles. The lowest BCUT2D eigenvalue weighted by Gasteiger charge is -2.10. The lowest BCUT2D eigenvalue weighted by Crippen LogP contribution is -2.07. The fraction of sp³-hybridized carbons (Fsp3) is 0.357. The van der Waals surface area contributed by atoms with Gasteiger partial charge in [0, 0.05) is 18.0 Å². The van der Waals surface area contributed by atoms with Crippen LogP contribution in [0.15, 0.2) is 28.1 Å². The first-order valence-corrected chi connectivity index (χ1v) is 7.13. The topological polar surface area (TPSA) is 43.8 Å². The van der Waals surface area contributed by atoms with E-state index in [-0.39, 0.29) is 5.92 Å². The van der Waals surface area contributed by atoms with E-state index in [1.807, 2.05) is 25.5 Å². The highest BCUT2D eigenvalue weighted by Crippen LogP contribution is 2.34. The highest BCUT2D eigenvalue weighted by atomic mass is 32.2. The van der Waals surface area contributed by atoms with Crippen LogP contribution < -0.4 is 5.73 Å². The van der Waals surface area contributed by atoms with Crippen molar-refractivity contribution in [1.29, 1.82) is 0 Å². The maximum Gasteiger partial charge on any atom is 0.127 e. The van der Waals surface area contributed by atoms with Gasteiger partial charge in [0.1, 0.15) is 22.5 Å². The zero-order chi connectivity index (χ0) is 14.9. The van der Waals surface area contributed by atoms with Crippen molar-refractivity contribution in [3.8, 4) is 0 Å². The van der Waals surface area contributed by atoms with Crippen molar-refractivity contribution in [2.45, 2.75) is 36.2 Å². The Morgan fingerprint density at radius 2 is 1.85 bits per heavy atom. The Hall–Kier alpha value is -1.40. The second-order valence-electron chi connectivity index (χ2n) is 4.84. The predicted molar refractivity (Wildman–Crippen MR) is 75.7 cm³/mol. The molecular weight excluding hydrogens is 280 g/mol. The largest absolute Gasteiger partial charge is 0.333 e. The smallest absolute Gasteiger partial charge is 0.127 e. The Balaban J connectivity index is 2.42. The van der Waals surface area contributed by atoms with E-state index in [4.69, 9.17) is 5.73 Å². The van der Waals surface area contributed by atoms with Gasteiger partial charge in [-0.1, -0.05) is 25.6 Å². The molecule has 0 radical (unpaired) electrons. The van der Waals surface area contributed by atoms with Crippen LogP contribution in [0.4, 0.5) is 8.78 Å². The van der Waals surface area contributed by atoms with Gasteiger partial charge in [-0.3, -0.25) is 0 Å². The third kappa shape index (κ3) is 3.02. The lowest BCUT2D eigenvalue weighted by molar-refractivity contribution is 0.577. The van der Waals surface area contributed by atoms with Crippen molar-refractivity contribution in [3.05, 3.63) is 41.4 Å². The third-order valence-electron chi connectivity index (χ3n) is 2.98. The fourth-order valence-electron chi connectivity index (χ4n) is 2.12. The first kappa shape index (κ1) is 15.0. The lowest BCUT2D eigenvalue weighted by atomic mass is 10.1. The molecule has 0 bridgehead atoms. The summed E-state index contributed by atoms with van der Waals surface area (Å²) in [5.74, 6) is -0.177. The number of nitrogens with zero attached hydrogens (tertiary/aromatic N) is 2. The molecule has 0 unspecified atom stereocenters. The normalized spacial score (nSPS) is 11.3. The van der Waals surface area contributed by atoms with Crippen molar-refractivity contribution in [1.82, 2.24) is 9.55 Å². The van der Waals surface area contributed by atoms with E-state index < -0.39 is 11.6 Å². The summed E-state index contributed by atoms with van der Waals surface area (Å²) in [4.78, 5) is 4.95. The van der Waals surface area contributed by atoms with Gasteiger partial charge in [-0.25, -0.2) is 13.8 Å². The molecule has 2 N–H and O–H groups in total. The second kappa shape index (κ2) is 5.93. The van der Waals surface area contributed by atoms with Gasteiger partial charge in [0.05, 0.1) is 12.2 Å². The summed E-state index contributed by atoms with van der Waals surface area (Å²) < 4.78 is 28.4. The van der Waals surface area contributed by atoms with Crippen molar-refractivity contribution < 1.29 is 8.78 Å². The molecular formula is C14H17F2N3S. The number of aromatic nitrogens is 2. The van der Waals surface area contributed by atoms with Crippen LogP contribution in [0, 0.1) is 11.6 Å². The highest BCUT2D eigenvalue weighted by Gasteiger charge is 2.18. The van der Waals surface area contributed by atoms with Crippen LogP contribution in [0.2, 0.25) is 0 Å². The second-order valence-corrected chi connectivity index (χ2v) is 5.91. The Labute approximate surface area is 121 Å². The molecule has 0 aliphatic heterocycles. The summed E-state index contributed by atoms with van der Waals surface area (Å²) in [7, 11) is 1.90. The van der Waals surface area contributed by atoms with Crippen molar-refractivity contribution in [3.63, 3.8) is 0 Å². The average Bonchev–Trinajstić information content (AvgIpc) is 2.64. The van der Waals surface area contributed by atoms with Crippen molar-refractivity contribution >= 4 is 11.8 Å². The van der Waals surface area contributed by atoms with Crippen LogP contribution in [0.3, 0.4) is 0 Å². The first-order chi connectivity index (χ1) is 9.42. The molecule has 0 aliphatic carbocycles. The molecule has 0 amide bonds. The molecule has 108 valence electrons. The van der Waals surface area contributed by atoms with E-state index in [2.05, 4.69) is 4.98 Å². The van der Waals surface area contributed by atoms with Gasteiger partial charge in [0.25, 0.3) is 0 Å². The molecule has 6 heteroatoms. The number of nitrogens with two attached hydrogens (primary N) is 1. The summed E-state index contributed by atoms with van der Waals surface area (Å²) >= 11 is 1.25. The molecule has 0 fully saturated rings. The minimum atomic E-state index is -0.589. The van der Waals surface area contributed by atoms with Gasteiger partial charge in [0.15, 0.2) is 0 Å². The van der Waals surface area contributed by atoms with Crippen LogP contribution >= 0.6 is 11.8 Å². The summed E-state index contributed by atoms with van der Waals surface area (Å²) in [6, 6.07) is 3.46. The van der Waals surface area contributed by atoms with E-state index in [9.17, 15) is 8.78 Å². The molecule has 20 heavy (non-hydrogen) atoms. The molecule has 2 rings (SSSR count). The summed E-state index contributed by atoms with van der Waals surface area (Å²) in [6.45, 7) is 4.43. The van der Waals surface area contributed by atoms with Crippen molar-refractivity contribution in [2.75, 3.05) is 0 Å². The molecule has 1 aromatic carbocycles. The number of benzene rings is 1. The van der Waals surface area contributed by atoms with Gasteiger partial charge >= 0.3 is 0 Å². The minimum absolute atomic E-state index is 0.244. The standard InChI is InChI=1S/C14H17F2N3S/c1-8(2)13-14(18-12(7-17)19(13)3)20-11-5-9(15)4-10(16)6-11/h4-6,8H,7,17H2,1-3H3. The fourth-order valence-corrected chi connectivity index (χ4v) is 3.32. The zero-order valence-electron chi connectivity index (χ0n) is 11.7. The summed E-state index contributed by atoms with van der Waals surface area (Å²) in [6.07, 6.45) is 0. The summed E-state index contributed by atoms with van der Waals surface area (Å²) in [5, 5.41) is 0.743. The first-order valence-electron chi connectivity index (χ1n) is 6.32. The Kier molecular flexibility index (Phi) is 4.45. The molecule has 0 aliphatic rings. The number of hydrogen-bond donors (Lipinski definition) is 1. The number of imidazole rings is 1. The average molecular weight is 297 g/mol. The van der Waals surface area contributed by atoms with Gasteiger partial charge in [0.2, 0.25) is 0 Å². The number of hydrogen-bond acceptors (Lipinski definition) is 3. The summed E-state index contributed by atoms with van der Waals surface area (Å²) in [5.41, 5.74) is 6.68. The molecule has 1 aromatic heterocycles. The minimum Gasteiger partial charge on any atom is -0.333 e. The Morgan fingerprint density at radius 3 is 2.35 bits per heavy atom. The van der Waals surface area contributed by atoms with E-state index in [1.54, 1.807) is 0 Å². The van der Waals surface area contributed by atoms with Crippen molar-refractivity contribution in [2.24, 2.45) is 12.8 Å². The van der Waals surface area contributed by atoms with Crippen LogP contribution in [0.1, 0.15) is 31.3 Å². The van der Waals surface area contributed by atoms with E-state index in [0.717, 1.165) is 22.6 Å². The maximum atomic E-state index is 13.2. The molecule has 3 nitrogen and oxygen atoms in total. The van der Waals surface area contributed by atoms with Crippen LogP contribution in [0.5, 0.6) is 0 Å². The molecule has 0 atom stereocenters. The SMILES string of the molecule is CC(C)c1c(Sc2cc(F)cc(F)c2)nc(CN)n1C. The van der Waals surface area contributed by atoms with Gasteiger partial charge in [-0.2, -0.15) is 0 Å². The maximum absolute atomic E-state index is 13.2. The molecule has 1 heterocycles. The highest BCUT2D eigenvalue weighted by molar-refractivity contribution is 7.99. The number of rotatable bonds is 4. The van der Waals surface area contributed by atoms with E-state index >= 15 is 0 Å². The molecule has 2 aromatic rings. The number of halogens is 2. The van der Waals surface area contributed by atoms with E-state index in [1.165, 1.54) is 23.9 Å². The van der Waals surface area contributed by atoms with E-state index in [0.29, 0.717) is 11.4 Å². The molecule has 0 spiro atoms. The Bertz CT molecular complexity index is 603. The van der Waals surface area contributed by atoms with Crippen LogP contribution in [-0.4, -0.2) is 9.55 Å². The van der Waals surface area contributed by atoms with Crippen LogP contribution in [-0.2, 0) is 13.6 Å². The van der Waals surface area contributed by atoms with Gasteiger partial charge in [-0.05, 0) is 18.1 Å². The predicted octanol–water partition coefficient (Wildman–Crippen LogP) is 3.43. The monoisotopic (exact) mass is 297 g/mol. The van der Waals surface area contributed by atoms with Gasteiger partial charge < -0.3 is 10.3 Å². The Morgan fingerprint density at radius 1 is 1.25 bits per heavy atom. The third-order valence-corrected chi connectivity index (χ3v) is 3.94.